The highest BCUT2D eigenvalue weighted by molar-refractivity contribution is 5.32. The predicted molar refractivity (Wildman–Crippen MR) is 87.2 cm³/mol. The van der Waals surface area contributed by atoms with Crippen molar-refractivity contribution in [3.63, 3.8) is 0 Å². The summed E-state index contributed by atoms with van der Waals surface area (Å²) in [6, 6.07) is 1.96. The lowest BCUT2D eigenvalue weighted by Crippen LogP contribution is -2.25. The van der Waals surface area contributed by atoms with Gasteiger partial charge in [-0.3, -0.25) is 0 Å². The lowest BCUT2D eigenvalue weighted by atomic mass is 9.68. The average molecular weight is 360 g/mol. The molecule has 0 aliphatic heterocycles. The zero-order chi connectivity index (χ0) is 18.2. The number of hydrogen-bond donors (Lipinski definition) is 0. The monoisotopic (exact) mass is 360 g/mol. The van der Waals surface area contributed by atoms with Crippen molar-refractivity contribution in [2.45, 2.75) is 70.4 Å². The lowest BCUT2D eigenvalue weighted by molar-refractivity contribution is -0.142. The molecular formula is C20H25F5. The van der Waals surface area contributed by atoms with Crippen molar-refractivity contribution in [2.75, 3.05) is 0 Å². The van der Waals surface area contributed by atoms with E-state index in [1.807, 2.05) is 0 Å². The number of benzene rings is 1. The fourth-order valence-corrected chi connectivity index (χ4v) is 4.80. The topological polar surface area (TPSA) is 0 Å². The summed E-state index contributed by atoms with van der Waals surface area (Å²) in [4.78, 5) is 0. The molecule has 0 aromatic heterocycles. The van der Waals surface area contributed by atoms with Crippen molar-refractivity contribution in [1.82, 2.24) is 0 Å². The Kier molecular flexibility index (Phi) is 5.40. The largest absolute Gasteiger partial charge is 0.422 e. The predicted octanol–water partition coefficient (Wildman–Crippen LogP) is 7.08. The van der Waals surface area contributed by atoms with Crippen molar-refractivity contribution in [1.29, 1.82) is 0 Å². The first-order chi connectivity index (χ1) is 11.8. The van der Waals surface area contributed by atoms with Gasteiger partial charge in [-0.15, -0.1) is 0 Å². The normalized spacial score (nSPS) is 31.1. The van der Waals surface area contributed by atoms with Gasteiger partial charge in [0.2, 0.25) is 0 Å². The van der Waals surface area contributed by atoms with Gasteiger partial charge in [0, 0.05) is 0 Å². The van der Waals surface area contributed by atoms with E-state index >= 15 is 0 Å². The third-order valence-electron chi connectivity index (χ3n) is 6.34. The Morgan fingerprint density at radius 1 is 0.800 bits per heavy atom. The first kappa shape index (κ1) is 18.7. The standard InChI is InChI=1S/C20H25F5/c1-12-2-4-13(5-3-12)14-6-8-15(9-7-14)16-10-11-17(21)18(19(16)22)20(23,24)25/h10-15H,2-9H2,1H3. The molecule has 0 nitrogen and oxygen atoms in total. The van der Waals surface area contributed by atoms with E-state index in [1.54, 1.807) is 0 Å². The molecule has 140 valence electrons. The summed E-state index contributed by atoms with van der Waals surface area (Å²) in [5.41, 5.74) is -1.71. The second-order valence-corrected chi connectivity index (χ2v) is 7.96. The number of alkyl halides is 3. The minimum Gasteiger partial charge on any atom is -0.206 e. The highest BCUT2D eigenvalue weighted by Gasteiger charge is 2.40. The van der Waals surface area contributed by atoms with Gasteiger partial charge >= 0.3 is 6.18 Å². The summed E-state index contributed by atoms with van der Waals surface area (Å²) in [6.45, 7) is 2.28. The summed E-state index contributed by atoms with van der Waals surface area (Å²) in [5.74, 6) is -1.07. The highest BCUT2D eigenvalue weighted by atomic mass is 19.4. The van der Waals surface area contributed by atoms with Gasteiger partial charge in [0.1, 0.15) is 17.2 Å². The molecule has 2 aliphatic rings. The minimum atomic E-state index is -5.00. The maximum absolute atomic E-state index is 14.3. The summed E-state index contributed by atoms with van der Waals surface area (Å²) in [6.07, 6.45) is 3.23. The van der Waals surface area contributed by atoms with Gasteiger partial charge in [-0.25, -0.2) is 8.78 Å². The van der Waals surface area contributed by atoms with Crippen LogP contribution in [0.2, 0.25) is 0 Å². The molecular weight excluding hydrogens is 335 g/mol. The SMILES string of the molecule is CC1CCC(C2CCC(c3ccc(F)c(C(F)(F)F)c3F)CC2)CC1. The van der Waals surface area contributed by atoms with E-state index < -0.39 is 23.4 Å². The Balaban J connectivity index is 1.69. The molecule has 2 fully saturated rings. The molecule has 0 radical (unpaired) electrons. The Hall–Kier alpha value is -1.13. The molecule has 0 heterocycles. The summed E-state index contributed by atoms with van der Waals surface area (Å²) >= 11 is 0. The van der Waals surface area contributed by atoms with Crippen LogP contribution in [-0.2, 0) is 6.18 Å². The van der Waals surface area contributed by atoms with Crippen molar-refractivity contribution < 1.29 is 22.0 Å². The van der Waals surface area contributed by atoms with Gasteiger partial charge in [0.05, 0.1) is 0 Å². The van der Waals surface area contributed by atoms with Gasteiger partial charge in [-0.2, -0.15) is 13.2 Å². The van der Waals surface area contributed by atoms with E-state index in [-0.39, 0.29) is 11.5 Å². The van der Waals surface area contributed by atoms with Crippen LogP contribution in [0.25, 0.3) is 0 Å². The molecule has 0 spiro atoms. The molecule has 1 aromatic carbocycles. The molecule has 1 aromatic rings. The van der Waals surface area contributed by atoms with Crippen LogP contribution in [-0.4, -0.2) is 0 Å². The molecule has 2 saturated carbocycles. The van der Waals surface area contributed by atoms with Gasteiger partial charge in [-0.1, -0.05) is 25.8 Å². The zero-order valence-corrected chi connectivity index (χ0v) is 14.5. The van der Waals surface area contributed by atoms with Crippen LogP contribution in [0, 0.1) is 29.4 Å². The summed E-state index contributed by atoms with van der Waals surface area (Å²) in [5, 5.41) is 0. The Morgan fingerprint density at radius 2 is 1.32 bits per heavy atom. The minimum absolute atomic E-state index is 0.0319. The number of halogens is 5. The van der Waals surface area contributed by atoms with E-state index in [1.165, 1.54) is 31.7 Å². The van der Waals surface area contributed by atoms with E-state index in [0.29, 0.717) is 24.7 Å². The van der Waals surface area contributed by atoms with Crippen molar-refractivity contribution in [3.05, 3.63) is 34.9 Å². The third-order valence-corrected chi connectivity index (χ3v) is 6.34. The van der Waals surface area contributed by atoms with Crippen LogP contribution in [0.15, 0.2) is 12.1 Å². The molecule has 0 bridgehead atoms. The van der Waals surface area contributed by atoms with Crippen LogP contribution in [0.1, 0.15) is 75.3 Å². The highest BCUT2D eigenvalue weighted by Crippen LogP contribution is 2.45. The zero-order valence-electron chi connectivity index (χ0n) is 14.5. The first-order valence-electron chi connectivity index (χ1n) is 9.32. The fraction of sp³-hybridized carbons (Fsp3) is 0.700. The fourth-order valence-electron chi connectivity index (χ4n) is 4.80. The molecule has 0 atom stereocenters. The Morgan fingerprint density at radius 3 is 1.84 bits per heavy atom. The second kappa shape index (κ2) is 7.24. The smallest absolute Gasteiger partial charge is 0.206 e. The van der Waals surface area contributed by atoms with Gasteiger partial charge < -0.3 is 0 Å². The van der Waals surface area contributed by atoms with E-state index in [0.717, 1.165) is 24.8 Å². The second-order valence-electron chi connectivity index (χ2n) is 7.96. The van der Waals surface area contributed by atoms with E-state index in [4.69, 9.17) is 0 Å². The molecule has 5 heteroatoms. The molecule has 0 amide bonds. The molecule has 3 rings (SSSR count). The molecule has 0 unspecified atom stereocenters. The van der Waals surface area contributed by atoms with Gasteiger partial charge in [0.25, 0.3) is 0 Å². The first-order valence-corrected chi connectivity index (χ1v) is 9.32. The van der Waals surface area contributed by atoms with Gasteiger partial charge in [0.15, 0.2) is 0 Å². The number of rotatable bonds is 2. The van der Waals surface area contributed by atoms with Crippen LogP contribution in [0.5, 0.6) is 0 Å². The maximum atomic E-state index is 14.3. The summed E-state index contributed by atoms with van der Waals surface area (Å²) in [7, 11) is 0. The van der Waals surface area contributed by atoms with Crippen LogP contribution in [0.3, 0.4) is 0 Å². The molecule has 0 N–H and O–H groups in total. The molecule has 25 heavy (non-hydrogen) atoms. The Labute approximate surface area is 145 Å². The van der Waals surface area contributed by atoms with E-state index in [2.05, 4.69) is 6.92 Å². The van der Waals surface area contributed by atoms with Crippen molar-refractivity contribution >= 4 is 0 Å². The van der Waals surface area contributed by atoms with Crippen molar-refractivity contribution in [2.24, 2.45) is 17.8 Å². The molecule has 0 saturated heterocycles. The molecule has 2 aliphatic carbocycles. The Bertz CT molecular complexity index is 591. The average Bonchev–Trinajstić information content (AvgIpc) is 2.55. The van der Waals surface area contributed by atoms with Crippen molar-refractivity contribution in [3.8, 4) is 0 Å². The van der Waals surface area contributed by atoms with E-state index in [9.17, 15) is 22.0 Å². The van der Waals surface area contributed by atoms with Crippen LogP contribution in [0.4, 0.5) is 22.0 Å². The lowest BCUT2D eigenvalue weighted by Gasteiger charge is -2.37. The van der Waals surface area contributed by atoms with Crippen LogP contribution < -0.4 is 0 Å². The maximum Gasteiger partial charge on any atom is 0.422 e. The third kappa shape index (κ3) is 4.01. The van der Waals surface area contributed by atoms with Crippen LogP contribution >= 0.6 is 0 Å². The quantitative estimate of drug-likeness (QED) is 0.494. The van der Waals surface area contributed by atoms with Gasteiger partial charge in [-0.05, 0) is 73.8 Å². The summed E-state index contributed by atoms with van der Waals surface area (Å²) < 4.78 is 66.6. The number of hydrogen-bond acceptors (Lipinski definition) is 0.